The summed E-state index contributed by atoms with van der Waals surface area (Å²) >= 11 is 0. The van der Waals surface area contributed by atoms with Gasteiger partial charge in [0.15, 0.2) is 0 Å². The molecule has 0 saturated carbocycles. The molecule has 0 aliphatic carbocycles. The Balaban J connectivity index is 2.20. The number of urea groups is 1. The summed E-state index contributed by atoms with van der Waals surface area (Å²) in [4.78, 5) is 24.3. The third-order valence-electron chi connectivity index (χ3n) is 2.94. The predicted octanol–water partition coefficient (Wildman–Crippen LogP) is 0.772. The van der Waals surface area contributed by atoms with E-state index in [-0.39, 0.29) is 11.7 Å². The van der Waals surface area contributed by atoms with Gasteiger partial charge in [-0.2, -0.15) is 0 Å². The molecular formula is C12H14FN3O2. The van der Waals surface area contributed by atoms with Crippen molar-refractivity contribution >= 4 is 17.6 Å². The Labute approximate surface area is 104 Å². The minimum Gasteiger partial charge on any atom is -0.352 e. The molecule has 96 valence electrons. The van der Waals surface area contributed by atoms with E-state index in [2.05, 4.69) is 5.32 Å². The van der Waals surface area contributed by atoms with Gasteiger partial charge in [0.25, 0.3) is 0 Å². The van der Waals surface area contributed by atoms with Crippen LogP contribution in [0.1, 0.15) is 12.5 Å². The zero-order valence-electron chi connectivity index (χ0n) is 9.94. The number of benzene rings is 1. The Morgan fingerprint density at radius 1 is 1.50 bits per heavy atom. The summed E-state index contributed by atoms with van der Waals surface area (Å²) in [6.45, 7) is 2.03. The molecule has 2 rings (SSSR count). The second-order valence-corrected chi connectivity index (χ2v) is 4.24. The van der Waals surface area contributed by atoms with Gasteiger partial charge in [0, 0.05) is 12.2 Å². The highest BCUT2D eigenvalue weighted by Gasteiger charge is 2.28. The van der Waals surface area contributed by atoms with Crippen molar-refractivity contribution in [2.24, 2.45) is 5.73 Å². The zero-order valence-corrected chi connectivity index (χ0v) is 9.94. The lowest BCUT2D eigenvalue weighted by Crippen LogP contribution is -2.48. The first kappa shape index (κ1) is 12.3. The van der Waals surface area contributed by atoms with Crippen LogP contribution < -0.4 is 16.0 Å². The largest absolute Gasteiger partial charge is 0.352 e. The van der Waals surface area contributed by atoms with Crippen LogP contribution in [0.5, 0.6) is 0 Å². The van der Waals surface area contributed by atoms with E-state index in [1.54, 1.807) is 13.0 Å². The molecule has 1 aromatic rings. The van der Waals surface area contributed by atoms with E-state index in [4.69, 9.17) is 5.73 Å². The van der Waals surface area contributed by atoms with Gasteiger partial charge in [-0.25, -0.2) is 9.18 Å². The van der Waals surface area contributed by atoms with Gasteiger partial charge in [-0.3, -0.25) is 4.79 Å². The van der Waals surface area contributed by atoms with Crippen LogP contribution in [0.3, 0.4) is 0 Å². The number of nitrogens with one attached hydrogen (secondary N) is 1. The molecule has 1 atom stereocenters. The summed E-state index contributed by atoms with van der Waals surface area (Å²) < 4.78 is 13.2. The summed E-state index contributed by atoms with van der Waals surface area (Å²) in [6.07, 6.45) is 0.685. The van der Waals surface area contributed by atoms with Gasteiger partial charge in [-0.05, 0) is 31.0 Å². The summed E-state index contributed by atoms with van der Waals surface area (Å²) in [5.74, 6) is -0.679. The molecule has 1 aliphatic heterocycles. The first-order valence-corrected chi connectivity index (χ1v) is 5.65. The molecule has 0 bridgehead atoms. The number of hydrogen-bond donors (Lipinski definition) is 2. The van der Waals surface area contributed by atoms with Gasteiger partial charge < -0.3 is 16.0 Å². The highest BCUT2D eigenvalue weighted by Crippen LogP contribution is 2.29. The molecule has 1 unspecified atom stereocenters. The minimum atomic E-state index is -0.755. The standard InChI is InChI=1S/C12H14FN3O2/c1-7(15-12(14)18)11(17)16-5-4-8-2-3-9(13)6-10(8)16/h2-3,6-7H,4-5H2,1H3,(H3,14,15,18). The molecule has 1 aromatic carbocycles. The Hall–Kier alpha value is -2.11. The maximum atomic E-state index is 13.2. The molecule has 5 nitrogen and oxygen atoms in total. The summed E-state index contributed by atoms with van der Waals surface area (Å²) in [7, 11) is 0. The van der Waals surface area contributed by atoms with Crippen molar-refractivity contribution in [3.63, 3.8) is 0 Å². The van der Waals surface area contributed by atoms with E-state index in [1.807, 2.05) is 0 Å². The van der Waals surface area contributed by atoms with Crippen molar-refractivity contribution in [1.82, 2.24) is 5.32 Å². The van der Waals surface area contributed by atoms with Gasteiger partial charge in [0.05, 0.1) is 0 Å². The van der Waals surface area contributed by atoms with Crippen LogP contribution in [0, 0.1) is 5.82 Å². The normalized spacial score (nSPS) is 15.1. The van der Waals surface area contributed by atoms with Crippen LogP contribution in [0.15, 0.2) is 18.2 Å². The third-order valence-corrected chi connectivity index (χ3v) is 2.94. The average molecular weight is 251 g/mol. The third kappa shape index (κ3) is 2.27. The smallest absolute Gasteiger partial charge is 0.312 e. The monoisotopic (exact) mass is 251 g/mol. The molecule has 0 fully saturated rings. The second kappa shape index (κ2) is 4.64. The van der Waals surface area contributed by atoms with Gasteiger partial charge >= 0.3 is 6.03 Å². The lowest BCUT2D eigenvalue weighted by atomic mass is 10.1. The fourth-order valence-electron chi connectivity index (χ4n) is 2.09. The van der Waals surface area contributed by atoms with E-state index in [0.29, 0.717) is 18.7 Å². The first-order valence-electron chi connectivity index (χ1n) is 5.65. The highest BCUT2D eigenvalue weighted by molar-refractivity contribution is 6.00. The van der Waals surface area contributed by atoms with E-state index >= 15 is 0 Å². The van der Waals surface area contributed by atoms with Crippen LogP contribution in [-0.4, -0.2) is 24.5 Å². The number of carbonyl (C=O) groups is 2. The molecular weight excluding hydrogens is 237 g/mol. The Bertz CT molecular complexity index is 504. The topological polar surface area (TPSA) is 75.4 Å². The Morgan fingerprint density at radius 2 is 2.22 bits per heavy atom. The molecule has 1 heterocycles. The maximum Gasteiger partial charge on any atom is 0.312 e. The van der Waals surface area contributed by atoms with Crippen molar-refractivity contribution < 1.29 is 14.0 Å². The number of carbonyl (C=O) groups excluding carboxylic acids is 2. The molecule has 1 aliphatic rings. The molecule has 0 saturated heterocycles. The molecule has 3 amide bonds. The van der Waals surface area contributed by atoms with Gasteiger partial charge in [0.1, 0.15) is 11.9 Å². The molecule has 0 aromatic heterocycles. The van der Waals surface area contributed by atoms with Crippen LogP contribution in [0.2, 0.25) is 0 Å². The minimum absolute atomic E-state index is 0.293. The number of nitrogens with zero attached hydrogens (tertiary/aromatic N) is 1. The zero-order chi connectivity index (χ0) is 13.3. The Morgan fingerprint density at radius 3 is 2.89 bits per heavy atom. The van der Waals surface area contributed by atoms with Crippen molar-refractivity contribution in [3.8, 4) is 0 Å². The van der Waals surface area contributed by atoms with Crippen molar-refractivity contribution in [1.29, 1.82) is 0 Å². The highest BCUT2D eigenvalue weighted by atomic mass is 19.1. The number of fused-ring (bicyclic) bond motifs is 1. The number of anilines is 1. The van der Waals surface area contributed by atoms with Gasteiger partial charge in [-0.1, -0.05) is 6.07 Å². The summed E-state index contributed by atoms with van der Waals surface area (Å²) in [5, 5.41) is 2.32. The predicted molar refractivity (Wildman–Crippen MR) is 64.6 cm³/mol. The first-order chi connectivity index (χ1) is 8.49. The van der Waals surface area contributed by atoms with E-state index < -0.39 is 12.1 Å². The number of nitrogens with two attached hydrogens (primary N) is 1. The lowest BCUT2D eigenvalue weighted by molar-refractivity contribution is -0.119. The second-order valence-electron chi connectivity index (χ2n) is 4.24. The maximum absolute atomic E-state index is 13.2. The van der Waals surface area contributed by atoms with E-state index in [9.17, 15) is 14.0 Å². The Kier molecular flexibility index (Phi) is 3.18. The molecule has 6 heteroatoms. The van der Waals surface area contributed by atoms with Gasteiger partial charge in [-0.15, -0.1) is 0 Å². The van der Waals surface area contributed by atoms with Crippen molar-refractivity contribution in [2.75, 3.05) is 11.4 Å². The van der Waals surface area contributed by atoms with Crippen LogP contribution in [-0.2, 0) is 11.2 Å². The summed E-state index contributed by atoms with van der Waals surface area (Å²) in [6, 6.07) is 2.89. The van der Waals surface area contributed by atoms with Crippen LogP contribution in [0.25, 0.3) is 0 Å². The van der Waals surface area contributed by atoms with Crippen molar-refractivity contribution in [2.45, 2.75) is 19.4 Å². The molecule has 18 heavy (non-hydrogen) atoms. The number of primary amides is 1. The van der Waals surface area contributed by atoms with E-state index in [0.717, 1.165) is 5.56 Å². The van der Waals surface area contributed by atoms with Crippen LogP contribution in [0.4, 0.5) is 14.9 Å². The van der Waals surface area contributed by atoms with E-state index in [1.165, 1.54) is 17.0 Å². The van der Waals surface area contributed by atoms with Crippen molar-refractivity contribution in [3.05, 3.63) is 29.6 Å². The fourth-order valence-corrected chi connectivity index (χ4v) is 2.09. The number of rotatable bonds is 2. The summed E-state index contributed by atoms with van der Waals surface area (Å²) in [5.41, 5.74) is 6.46. The number of amides is 3. The number of hydrogen-bond acceptors (Lipinski definition) is 2. The average Bonchev–Trinajstić information content (AvgIpc) is 2.69. The molecule has 0 spiro atoms. The van der Waals surface area contributed by atoms with Gasteiger partial charge in [0.2, 0.25) is 5.91 Å². The quantitative estimate of drug-likeness (QED) is 0.814. The molecule has 3 N–H and O–H groups in total. The van der Waals surface area contributed by atoms with Crippen LogP contribution >= 0.6 is 0 Å². The SMILES string of the molecule is CC(NC(N)=O)C(=O)N1CCc2ccc(F)cc21. The molecule has 0 radical (unpaired) electrons. The fraction of sp³-hybridized carbons (Fsp3) is 0.333. The lowest BCUT2D eigenvalue weighted by Gasteiger charge is -2.21. The number of halogens is 1.